The van der Waals surface area contributed by atoms with Crippen molar-refractivity contribution in [1.29, 1.82) is 0 Å². The number of nitrogens with two attached hydrogens (primary N) is 1. The van der Waals surface area contributed by atoms with Crippen LogP contribution in [-0.4, -0.2) is 13.0 Å². The second-order valence-electron chi connectivity index (χ2n) is 4.51. The second-order valence-corrected chi connectivity index (χ2v) is 4.51. The van der Waals surface area contributed by atoms with E-state index in [1.165, 1.54) is 30.3 Å². The highest BCUT2D eigenvalue weighted by Crippen LogP contribution is 2.31. The van der Waals surface area contributed by atoms with E-state index in [0.29, 0.717) is 5.56 Å². The molecule has 0 radical (unpaired) electrons. The zero-order valence-electron chi connectivity index (χ0n) is 11.6. The number of ether oxygens (including phenoxy) is 2. The Hall–Kier alpha value is -2.35. The lowest BCUT2D eigenvalue weighted by molar-refractivity contribution is -0.274. The van der Waals surface area contributed by atoms with Crippen LogP contribution in [0.5, 0.6) is 11.5 Å². The lowest BCUT2D eigenvalue weighted by Gasteiger charge is -2.17. The predicted octanol–water partition coefficient (Wildman–Crippen LogP) is 4.23. The maximum Gasteiger partial charge on any atom is 0.573 e. The van der Waals surface area contributed by atoms with Crippen LogP contribution >= 0.6 is 0 Å². The third-order valence-corrected chi connectivity index (χ3v) is 2.94. The minimum absolute atomic E-state index is 0.0920. The van der Waals surface area contributed by atoms with Crippen LogP contribution in [0.3, 0.4) is 0 Å². The molecule has 0 bridgehead atoms. The average Bonchev–Trinajstić information content (AvgIpc) is 2.45. The van der Waals surface area contributed by atoms with Gasteiger partial charge in [0.1, 0.15) is 11.5 Å². The van der Waals surface area contributed by atoms with Gasteiger partial charge in [0.05, 0.1) is 6.04 Å². The molecule has 0 heterocycles. The van der Waals surface area contributed by atoms with Crippen molar-refractivity contribution in [3.05, 3.63) is 59.7 Å². The van der Waals surface area contributed by atoms with E-state index in [2.05, 4.69) is 9.47 Å². The lowest BCUT2D eigenvalue weighted by Crippen LogP contribution is -2.17. The van der Waals surface area contributed by atoms with E-state index in [1.54, 1.807) is 6.07 Å². The van der Waals surface area contributed by atoms with Crippen molar-refractivity contribution in [2.75, 3.05) is 0 Å². The summed E-state index contributed by atoms with van der Waals surface area (Å²) in [5.41, 5.74) is 6.69. The van der Waals surface area contributed by atoms with Gasteiger partial charge in [-0.15, -0.1) is 13.2 Å². The fourth-order valence-electron chi connectivity index (χ4n) is 2.00. The molecule has 1 atom stereocenters. The third kappa shape index (κ3) is 4.82. The molecule has 2 aromatic carbocycles. The molecule has 3 nitrogen and oxygen atoms in total. The number of benzene rings is 2. The Balaban J connectivity index is 2.22. The Morgan fingerprint density at radius 2 is 1.52 bits per heavy atom. The fourth-order valence-corrected chi connectivity index (χ4v) is 2.00. The molecule has 0 aliphatic carbocycles. The zero-order chi connectivity index (χ0) is 17.0. The number of alkyl halides is 5. The molecule has 8 heteroatoms. The predicted molar refractivity (Wildman–Crippen MR) is 72.2 cm³/mol. The molecule has 0 aromatic heterocycles. The van der Waals surface area contributed by atoms with Gasteiger partial charge >= 0.3 is 13.0 Å². The molecule has 23 heavy (non-hydrogen) atoms. The van der Waals surface area contributed by atoms with E-state index >= 15 is 0 Å². The van der Waals surface area contributed by atoms with Crippen molar-refractivity contribution < 1.29 is 31.4 Å². The summed E-state index contributed by atoms with van der Waals surface area (Å²) < 4.78 is 69.2. The second kappa shape index (κ2) is 6.82. The molecule has 124 valence electrons. The highest BCUT2D eigenvalue weighted by molar-refractivity contribution is 5.42. The van der Waals surface area contributed by atoms with Gasteiger partial charge in [0.15, 0.2) is 0 Å². The smallest absolute Gasteiger partial charge is 0.434 e. The Bertz CT molecular complexity index is 643. The molecule has 0 spiro atoms. The fraction of sp³-hybridized carbons (Fsp3) is 0.200. The monoisotopic (exact) mass is 333 g/mol. The van der Waals surface area contributed by atoms with Crippen LogP contribution in [0.25, 0.3) is 0 Å². The van der Waals surface area contributed by atoms with Crippen molar-refractivity contribution in [1.82, 2.24) is 0 Å². The molecular formula is C15H12F5NO2. The lowest BCUT2D eigenvalue weighted by atomic mass is 9.99. The first-order valence-corrected chi connectivity index (χ1v) is 6.41. The molecule has 0 aliphatic heterocycles. The Morgan fingerprint density at radius 3 is 2.09 bits per heavy atom. The van der Waals surface area contributed by atoms with E-state index in [-0.39, 0.29) is 11.3 Å². The summed E-state index contributed by atoms with van der Waals surface area (Å²) in [5.74, 6) is -0.490. The average molecular weight is 333 g/mol. The molecule has 2 N–H and O–H groups in total. The Kier molecular flexibility index (Phi) is 5.05. The normalized spacial score (nSPS) is 13.0. The van der Waals surface area contributed by atoms with Crippen molar-refractivity contribution in [2.24, 2.45) is 5.73 Å². The summed E-state index contributed by atoms with van der Waals surface area (Å²) in [6.45, 7) is -3.01. The molecule has 0 aliphatic rings. The van der Waals surface area contributed by atoms with Crippen LogP contribution in [0.2, 0.25) is 0 Å². The molecule has 0 unspecified atom stereocenters. The van der Waals surface area contributed by atoms with Gasteiger partial charge in [0.25, 0.3) is 0 Å². The van der Waals surface area contributed by atoms with Gasteiger partial charge in [-0.1, -0.05) is 30.3 Å². The topological polar surface area (TPSA) is 44.5 Å². The number of rotatable bonds is 5. The van der Waals surface area contributed by atoms with E-state index in [1.807, 2.05) is 0 Å². The number of hydrogen-bond donors (Lipinski definition) is 1. The van der Waals surface area contributed by atoms with E-state index < -0.39 is 24.8 Å². The zero-order valence-corrected chi connectivity index (χ0v) is 11.6. The van der Waals surface area contributed by atoms with Crippen LogP contribution in [0.1, 0.15) is 17.2 Å². The molecule has 2 rings (SSSR count). The first-order valence-electron chi connectivity index (χ1n) is 6.41. The van der Waals surface area contributed by atoms with Crippen LogP contribution in [0.15, 0.2) is 48.5 Å². The molecular weight excluding hydrogens is 321 g/mol. The Labute approximate surface area is 128 Å². The number of halogens is 5. The SMILES string of the molecule is N[C@H](c1ccc(OC(F)(F)F)cc1)c1ccccc1OC(F)F. The third-order valence-electron chi connectivity index (χ3n) is 2.94. The first kappa shape index (κ1) is 17.0. The van der Waals surface area contributed by atoms with Crippen LogP contribution < -0.4 is 15.2 Å². The molecule has 2 aromatic rings. The maximum atomic E-state index is 12.4. The van der Waals surface area contributed by atoms with Gasteiger partial charge in [-0.25, -0.2) is 0 Å². The first-order chi connectivity index (χ1) is 10.8. The summed E-state index contributed by atoms with van der Waals surface area (Å²) in [4.78, 5) is 0. The number of hydrogen-bond acceptors (Lipinski definition) is 3. The van der Waals surface area contributed by atoms with Gasteiger partial charge in [-0.2, -0.15) is 8.78 Å². The number of para-hydroxylation sites is 1. The quantitative estimate of drug-likeness (QED) is 0.833. The summed E-state index contributed by atoms with van der Waals surface area (Å²) in [7, 11) is 0. The highest BCUT2D eigenvalue weighted by Gasteiger charge is 2.31. The van der Waals surface area contributed by atoms with Crippen molar-refractivity contribution in [3.8, 4) is 11.5 Å². The van der Waals surface area contributed by atoms with Gasteiger partial charge in [-0.3, -0.25) is 0 Å². The van der Waals surface area contributed by atoms with Crippen LogP contribution in [-0.2, 0) is 0 Å². The van der Waals surface area contributed by atoms with Crippen molar-refractivity contribution in [3.63, 3.8) is 0 Å². The minimum Gasteiger partial charge on any atom is -0.434 e. The molecule has 0 fully saturated rings. The van der Waals surface area contributed by atoms with Crippen LogP contribution in [0, 0.1) is 0 Å². The molecule has 0 amide bonds. The van der Waals surface area contributed by atoms with E-state index in [4.69, 9.17) is 5.73 Å². The standard InChI is InChI=1S/C15H12F5NO2/c16-14(17)22-12-4-2-1-3-11(12)13(21)9-5-7-10(8-6-9)23-15(18,19)20/h1-8,13-14H,21H2/t13-/m1/s1. The summed E-state index contributed by atoms with van der Waals surface area (Å²) in [5, 5.41) is 0. The highest BCUT2D eigenvalue weighted by atomic mass is 19.4. The van der Waals surface area contributed by atoms with Crippen molar-refractivity contribution >= 4 is 0 Å². The van der Waals surface area contributed by atoms with E-state index in [0.717, 1.165) is 12.1 Å². The summed E-state index contributed by atoms with van der Waals surface area (Å²) in [6.07, 6.45) is -4.79. The van der Waals surface area contributed by atoms with Gasteiger partial charge in [-0.05, 0) is 23.8 Å². The van der Waals surface area contributed by atoms with Crippen molar-refractivity contribution in [2.45, 2.75) is 19.0 Å². The van der Waals surface area contributed by atoms with Gasteiger partial charge < -0.3 is 15.2 Å². The minimum atomic E-state index is -4.79. The molecule has 0 saturated carbocycles. The molecule has 0 saturated heterocycles. The Morgan fingerprint density at radius 1 is 0.913 bits per heavy atom. The van der Waals surface area contributed by atoms with Gasteiger partial charge in [0.2, 0.25) is 0 Å². The van der Waals surface area contributed by atoms with Gasteiger partial charge in [0, 0.05) is 5.56 Å². The summed E-state index contributed by atoms with van der Waals surface area (Å²) in [6, 6.07) is 9.94. The maximum absolute atomic E-state index is 12.4. The van der Waals surface area contributed by atoms with E-state index in [9.17, 15) is 22.0 Å². The largest absolute Gasteiger partial charge is 0.573 e. The summed E-state index contributed by atoms with van der Waals surface area (Å²) >= 11 is 0. The van der Waals surface area contributed by atoms with Crippen LogP contribution in [0.4, 0.5) is 22.0 Å².